The molecule has 0 saturated carbocycles. The molecule has 0 aromatic heterocycles. The molecule has 1 heterocycles. The van der Waals surface area contributed by atoms with E-state index in [0.717, 1.165) is 0 Å². The summed E-state index contributed by atoms with van der Waals surface area (Å²) in [7, 11) is 0. The molecule has 0 radical (unpaired) electrons. The quantitative estimate of drug-likeness (QED) is 0.368. The van der Waals surface area contributed by atoms with Crippen molar-refractivity contribution >= 4 is 34.8 Å². The van der Waals surface area contributed by atoms with Crippen LogP contribution >= 0.6 is 23.2 Å². The van der Waals surface area contributed by atoms with Crippen LogP contribution in [-0.4, -0.2) is 15.7 Å². The monoisotopic (exact) mass is 444 g/mol. The van der Waals surface area contributed by atoms with Gasteiger partial charge in [0.25, 0.3) is 11.6 Å². The van der Waals surface area contributed by atoms with Gasteiger partial charge in [-0.05, 0) is 42.3 Å². The molecule has 1 aliphatic rings. The van der Waals surface area contributed by atoms with Crippen molar-refractivity contribution in [1.82, 2.24) is 4.90 Å². The summed E-state index contributed by atoms with van der Waals surface area (Å²) in [4.78, 5) is 25.3. The van der Waals surface area contributed by atoms with E-state index in [1.165, 1.54) is 24.3 Å². The standard InChI is InChI=1S/C22H15Cl2FN2O3/c1-22(14-4-6-15(23)7-5-14)19-17(10-11-18(25)20(19)24)21(28)26(22)12-13-2-8-16(9-3-13)27(29)30/h2-11H,12H2,1H3. The maximum atomic E-state index is 14.4. The van der Waals surface area contributed by atoms with Gasteiger partial charge in [0.1, 0.15) is 5.82 Å². The van der Waals surface area contributed by atoms with Crippen LogP contribution in [0.2, 0.25) is 10.0 Å². The van der Waals surface area contributed by atoms with Crippen molar-refractivity contribution < 1.29 is 14.1 Å². The minimum Gasteiger partial charge on any atom is -0.321 e. The molecular formula is C22H15Cl2FN2O3. The van der Waals surface area contributed by atoms with Crippen LogP contribution in [0, 0.1) is 15.9 Å². The lowest BCUT2D eigenvalue weighted by Gasteiger charge is -2.37. The van der Waals surface area contributed by atoms with Gasteiger partial charge in [-0.3, -0.25) is 14.9 Å². The number of fused-ring (bicyclic) bond motifs is 1. The fourth-order valence-corrected chi connectivity index (χ4v) is 4.37. The zero-order valence-corrected chi connectivity index (χ0v) is 17.2. The van der Waals surface area contributed by atoms with Gasteiger partial charge in [-0.2, -0.15) is 0 Å². The highest BCUT2D eigenvalue weighted by molar-refractivity contribution is 6.32. The molecule has 3 aromatic carbocycles. The van der Waals surface area contributed by atoms with Crippen molar-refractivity contribution in [1.29, 1.82) is 0 Å². The number of nitro benzene ring substituents is 1. The van der Waals surface area contributed by atoms with E-state index >= 15 is 0 Å². The number of hydrogen-bond acceptors (Lipinski definition) is 3. The first kappa shape index (κ1) is 20.3. The third-order valence-corrected chi connectivity index (χ3v) is 6.11. The molecule has 5 nitrogen and oxygen atoms in total. The van der Waals surface area contributed by atoms with Gasteiger partial charge in [0.2, 0.25) is 0 Å². The van der Waals surface area contributed by atoms with Crippen LogP contribution in [0.4, 0.5) is 10.1 Å². The second-order valence-electron chi connectivity index (χ2n) is 7.18. The number of rotatable bonds is 4. The van der Waals surface area contributed by atoms with Crippen LogP contribution in [0.5, 0.6) is 0 Å². The summed E-state index contributed by atoms with van der Waals surface area (Å²) < 4.78 is 14.4. The number of hydrogen-bond donors (Lipinski definition) is 0. The second kappa shape index (κ2) is 7.38. The van der Waals surface area contributed by atoms with Crippen LogP contribution < -0.4 is 0 Å². The van der Waals surface area contributed by atoms with Gasteiger partial charge in [0.15, 0.2) is 0 Å². The number of non-ortho nitro benzene ring substituents is 1. The fraction of sp³-hybridized carbons (Fsp3) is 0.136. The predicted molar refractivity (Wildman–Crippen MR) is 112 cm³/mol. The SMILES string of the molecule is CC1(c2ccc(Cl)cc2)c2c(ccc(F)c2Cl)C(=O)N1Cc1ccc([N+](=O)[O-])cc1. The van der Waals surface area contributed by atoms with Crippen molar-refractivity contribution in [3.8, 4) is 0 Å². The summed E-state index contributed by atoms with van der Waals surface area (Å²) in [5.41, 5.74) is 1.02. The van der Waals surface area contributed by atoms with E-state index < -0.39 is 16.3 Å². The largest absolute Gasteiger partial charge is 0.321 e. The lowest BCUT2D eigenvalue weighted by Crippen LogP contribution is -2.42. The lowest BCUT2D eigenvalue weighted by molar-refractivity contribution is -0.384. The highest BCUT2D eigenvalue weighted by Gasteiger charge is 2.49. The summed E-state index contributed by atoms with van der Waals surface area (Å²) >= 11 is 12.4. The molecule has 0 aliphatic carbocycles. The van der Waals surface area contributed by atoms with Gasteiger partial charge in [-0.25, -0.2) is 4.39 Å². The van der Waals surface area contributed by atoms with E-state index in [1.54, 1.807) is 48.2 Å². The highest BCUT2D eigenvalue weighted by atomic mass is 35.5. The Balaban J connectivity index is 1.86. The van der Waals surface area contributed by atoms with Crippen LogP contribution in [0.15, 0.2) is 60.7 Å². The van der Waals surface area contributed by atoms with Crippen LogP contribution in [0.25, 0.3) is 0 Å². The Hall–Kier alpha value is -2.96. The average Bonchev–Trinajstić information content (AvgIpc) is 2.94. The zero-order chi connectivity index (χ0) is 21.6. The molecule has 0 fully saturated rings. The molecule has 0 spiro atoms. The van der Waals surface area contributed by atoms with Crippen LogP contribution in [0.1, 0.15) is 34.0 Å². The van der Waals surface area contributed by atoms with Crippen molar-refractivity contribution in [3.05, 3.63) is 109 Å². The highest BCUT2D eigenvalue weighted by Crippen LogP contribution is 2.48. The molecular weight excluding hydrogens is 430 g/mol. The van der Waals surface area contributed by atoms with E-state index in [-0.39, 0.29) is 23.2 Å². The Kier molecular flexibility index (Phi) is 5.00. The van der Waals surface area contributed by atoms with E-state index in [2.05, 4.69) is 0 Å². The minimum atomic E-state index is -1.06. The minimum absolute atomic E-state index is 0.0413. The van der Waals surface area contributed by atoms with Gasteiger partial charge >= 0.3 is 0 Å². The fourth-order valence-electron chi connectivity index (χ4n) is 3.90. The van der Waals surface area contributed by atoms with Gasteiger partial charge in [0.05, 0.1) is 15.5 Å². The molecule has 1 aliphatic heterocycles. The first-order valence-corrected chi connectivity index (χ1v) is 9.79. The summed E-state index contributed by atoms with van der Waals surface area (Å²) in [5, 5.41) is 11.3. The molecule has 30 heavy (non-hydrogen) atoms. The van der Waals surface area contributed by atoms with E-state index in [0.29, 0.717) is 27.3 Å². The van der Waals surface area contributed by atoms with Gasteiger partial charge in [-0.15, -0.1) is 0 Å². The number of nitrogens with zero attached hydrogens (tertiary/aromatic N) is 2. The molecule has 8 heteroatoms. The normalized spacial score (nSPS) is 17.9. The first-order chi connectivity index (χ1) is 14.2. The molecule has 3 aromatic rings. The Bertz CT molecular complexity index is 1170. The van der Waals surface area contributed by atoms with Crippen molar-refractivity contribution in [2.75, 3.05) is 0 Å². The van der Waals surface area contributed by atoms with Crippen LogP contribution in [-0.2, 0) is 12.1 Å². The number of nitro groups is 1. The number of carbonyl (C=O) groups is 1. The van der Waals surface area contributed by atoms with E-state index in [9.17, 15) is 19.3 Å². The van der Waals surface area contributed by atoms with Gasteiger partial charge in [0, 0.05) is 34.8 Å². The Morgan fingerprint density at radius 3 is 2.27 bits per heavy atom. The van der Waals surface area contributed by atoms with E-state index in [4.69, 9.17) is 23.2 Å². The molecule has 1 amide bonds. The van der Waals surface area contributed by atoms with Crippen molar-refractivity contribution in [2.45, 2.75) is 19.0 Å². The molecule has 0 saturated heterocycles. The molecule has 152 valence electrons. The molecule has 4 rings (SSSR count). The topological polar surface area (TPSA) is 63.5 Å². The number of benzene rings is 3. The molecule has 1 atom stereocenters. The van der Waals surface area contributed by atoms with Crippen molar-refractivity contribution in [2.24, 2.45) is 0 Å². The number of amides is 1. The maximum Gasteiger partial charge on any atom is 0.269 e. The third kappa shape index (κ3) is 3.13. The average molecular weight is 445 g/mol. The smallest absolute Gasteiger partial charge is 0.269 e. The number of carbonyl (C=O) groups excluding carboxylic acids is 1. The summed E-state index contributed by atoms with van der Waals surface area (Å²) in [6.07, 6.45) is 0. The van der Waals surface area contributed by atoms with Gasteiger partial charge < -0.3 is 4.90 Å². The van der Waals surface area contributed by atoms with Crippen LogP contribution in [0.3, 0.4) is 0 Å². The lowest BCUT2D eigenvalue weighted by atomic mass is 9.84. The van der Waals surface area contributed by atoms with E-state index in [1.807, 2.05) is 0 Å². The first-order valence-electron chi connectivity index (χ1n) is 9.03. The summed E-state index contributed by atoms with van der Waals surface area (Å²) in [6, 6.07) is 15.5. The predicted octanol–water partition coefficient (Wildman–Crippen LogP) is 5.96. The van der Waals surface area contributed by atoms with Crippen molar-refractivity contribution in [3.63, 3.8) is 0 Å². The Morgan fingerprint density at radius 2 is 1.67 bits per heavy atom. The Morgan fingerprint density at radius 1 is 1.03 bits per heavy atom. The number of halogens is 3. The Labute approximate surface area is 181 Å². The zero-order valence-electron chi connectivity index (χ0n) is 15.7. The molecule has 1 unspecified atom stereocenters. The maximum absolute atomic E-state index is 14.4. The second-order valence-corrected chi connectivity index (χ2v) is 7.99. The summed E-state index contributed by atoms with van der Waals surface area (Å²) in [5.74, 6) is -0.914. The van der Waals surface area contributed by atoms with Gasteiger partial charge in [-0.1, -0.05) is 47.5 Å². The third-order valence-electron chi connectivity index (χ3n) is 5.49. The summed E-state index contributed by atoms with van der Waals surface area (Å²) in [6.45, 7) is 1.96. The molecule has 0 N–H and O–H groups in total. The molecule has 0 bridgehead atoms.